The van der Waals surface area contributed by atoms with Gasteiger partial charge in [-0.05, 0) is 30.5 Å². The van der Waals surface area contributed by atoms with E-state index in [0.717, 1.165) is 18.4 Å². The van der Waals surface area contributed by atoms with Gasteiger partial charge in [-0.3, -0.25) is 0 Å². The summed E-state index contributed by atoms with van der Waals surface area (Å²) in [5, 5.41) is 0. The van der Waals surface area contributed by atoms with Gasteiger partial charge in [0.05, 0.1) is 0 Å². The van der Waals surface area contributed by atoms with Crippen molar-refractivity contribution in [3.8, 4) is 0 Å². The maximum absolute atomic E-state index is 12.2. The molecule has 0 spiro atoms. The first-order valence-corrected chi connectivity index (χ1v) is 7.45. The highest BCUT2D eigenvalue weighted by Crippen LogP contribution is 2.18. The third-order valence-corrected chi connectivity index (χ3v) is 5.08. The molecule has 1 aromatic carbocycles. The van der Waals surface area contributed by atoms with Gasteiger partial charge in [0.2, 0.25) is 0 Å². The summed E-state index contributed by atoms with van der Waals surface area (Å²) in [5.41, 5.74) is 7.24. The van der Waals surface area contributed by atoms with E-state index in [-0.39, 0.29) is 0 Å². The summed E-state index contributed by atoms with van der Waals surface area (Å²) in [5.74, 6) is 0. The molecule has 0 bridgehead atoms. The summed E-state index contributed by atoms with van der Waals surface area (Å²) in [6.07, 6.45) is 1.90. The molecule has 5 nitrogen and oxygen atoms in total. The second-order valence-corrected chi connectivity index (χ2v) is 6.65. The van der Waals surface area contributed by atoms with Gasteiger partial charge in [-0.1, -0.05) is 12.1 Å². The Labute approximate surface area is 108 Å². The smallest absolute Gasteiger partial charge is 0.282 e. The molecule has 1 aromatic rings. The zero-order chi connectivity index (χ0) is 13.2. The summed E-state index contributed by atoms with van der Waals surface area (Å²) in [7, 11) is -1.72. The molecule has 18 heavy (non-hydrogen) atoms. The standard InChI is InChI=1S/C12H19N3O2S/c1-14(10-11-5-4-6-12(13)9-11)18(16,17)15-7-2-3-8-15/h4-6,9H,2-3,7-8,10,13H2,1H3. The quantitative estimate of drug-likeness (QED) is 0.831. The lowest BCUT2D eigenvalue weighted by atomic mass is 10.2. The molecule has 0 atom stereocenters. The molecule has 0 amide bonds. The highest BCUT2D eigenvalue weighted by molar-refractivity contribution is 7.86. The van der Waals surface area contributed by atoms with E-state index in [2.05, 4.69) is 0 Å². The van der Waals surface area contributed by atoms with Crippen LogP contribution in [0.15, 0.2) is 24.3 Å². The van der Waals surface area contributed by atoms with Crippen molar-refractivity contribution in [3.05, 3.63) is 29.8 Å². The van der Waals surface area contributed by atoms with Crippen molar-refractivity contribution in [2.24, 2.45) is 0 Å². The second kappa shape index (κ2) is 5.26. The lowest BCUT2D eigenvalue weighted by Crippen LogP contribution is -2.39. The minimum atomic E-state index is -3.32. The Morgan fingerprint density at radius 1 is 1.33 bits per heavy atom. The SMILES string of the molecule is CN(Cc1cccc(N)c1)S(=O)(=O)N1CCCC1. The van der Waals surface area contributed by atoms with Crippen molar-refractivity contribution in [2.45, 2.75) is 19.4 Å². The number of nitrogens with two attached hydrogens (primary N) is 1. The molecule has 1 fully saturated rings. The van der Waals surface area contributed by atoms with Crippen LogP contribution < -0.4 is 5.73 Å². The first kappa shape index (κ1) is 13.3. The number of nitrogens with zero attached hydrogens (tertiary/aromatic N) is 2. The molecule has 100 valence electrons. The summed E-state index contributed by atoms with van der Waals surface area (Å²) >= 11 is 0. The van der Waals surface area contributed by atoms with Crippen molar-refractivity contribution in [1.82, 2.24) is 8.61 Å². The monoisotopic (exact) mass is 269 g/mol. The molecule has 2 rings (SSSR count). The van der Waals surface area contributed by atoms with Gasteiger partial charge in [0.25, 0.3) is 10.2 Å². The van der Waals surface area contributed by atoms with Crippen LogP contribution in [0.25, 0.3) is 0 Å². The normalized spacial score (nSPS) is 17.4. The topological polar surface area (TPSA) is 66.6 Å². The van der Waals surface area contributed by atoms with E-state index in [1.807, 2.05) is 12.1 Å². The Hall–Kier alpha value is -1.11. The average molecular weight is 269 g/mol. The fourth-order valence-corrected chi connectivity index (χ4v) is 3.57. The second-order valence-electron chi connectivity index (χ2n) is 4.62. The van der Waals surface area contributed by atoms with Gasteiger partial charge in [-0.25, -0.2) is 0 Å². The van der Waals surface area contributed by atoms with Crippen LogP contribution in [-0.2, 0) is 16.8 Å². The van der Waals surface area contributed by atoms with Crippen LogP contribution in [0.5, 0.6) is 0 Å². The minimum Gasteiger partial charge on any atom is -0.399 e. The molecular formula is C12H19N3O2S. The number of hydrogen-bond acceptors (Lipinski definition) is 3. The highest BCUT2D eigenvalue weighted by Gasteiger charge is 2.29. The zero-order valence-corrected chi connectivity index (χ0v) is 11.4. The van der Waals surface area contributed by atoms with Crippen LogP contribution in [0.2, 0.25) is 0 Å². The molecule has 1 aliphatic heterocycles. The molecule has 6 heteroatoms. The molecular weight excluding hydrogens is 250 g/mol. The first-order chi connectivity index (χ1) is 8.50. The Morgan fingerprint density at radius 3 is 2.61 bits per heavy atom. The lowest BCUT2D eigenvalue weighted by molar-refractivity contribution is 0.392. The number of hydrogen-bond donors (Lipinski definition) is 1. The molecule has 0 aliphatic carbocycles. The molecule has 1 heterocycles. The van der Waals surface area contributed by atoms with Gasteiger partial charge < -0.3 is 5.73 Å². The van der Waals surface area contributed by atoms with Gasteiger partial charge in [0, 0.05) is 32.4 Å². The highest BCUT2D eigenvalue weighted by atomic mass is 32.2. The summed E-state index contributed by atoms with van der Waals surface area (Å²) in [6.45, 7) is 1.61. The van der Waals surface area contributed by atoms with E-state index >= 15 is 0 Å². The van der Waals surface area contributed by atoms with E-state index in [1.165, 1.54) is 4.31 Å². The van der Waals surface area contributed by atoms with E-state index in [9.17, 15) is 8.42 Å². The summed E-state index contributed by atoms with van der Waals surface area (Å²) in [6, 6.07) is 7.31. The Balaban J connectivity index is 2.09. The van der Waals surface area contributed by atoms with Gasteiger partial charge in [0.15, 0.2) is 0 Å². The van der Waals surface area contributed by atoms with Gasteiger partial charge in [0.1, 0.15) is 0 Å². The Morgan fingerprint density at radius 2 is 2.00 bits per heavy atom. The van der Waals surface area contributed by atoms with E-state index < -0.39 is 10.2 Å². The van der Waals surface area contributed by atoms with Crippen LogP contribution in [0, 0.1) is 0 Å². The molecule has 1 aliphatic rings. The van der Waals surface area contributed by atoms with Crippen molar-refractivity contribution in [2.75, 3.05) is 25.9 Å². The third kappa shape index (κ3) is 2.82. The number of rotatable bonds is 4. The van der Waals surface area contributed by atoms with Crippen LogP contribution in [0.1, 0.15) is 18.4 Å². The van der Waals surface area contributed by atoms with Crippen molar-refractivity contribution in [1.29, 1.82) is 0 Å². The Kier molecular flexibility index (Phi) is 3.89. The maximum atomic E-state index is 12.2. The zero-order valence-electron chi connectivity index (χ0n) is 10.5. The van der Waals surface area contributed by atoms with E-state index in [4.69, 9.17) is 5.73 Å². The minimum absolute atomic E-state index is 0.351. The molecule has 1 saturated heterocycles. The Bertz CT molecular complexity index is 510. The van der Waals surface area contributed by atoms with Crippen LogP contribution in [0.3, 0.4) is 0 Å². The fraction of sp³-hybridized carbons (Fsp3) is 0.500. The van der Waals surface area contributed by atoms with Gasteiger partial charge >= 0.3 is 0 Å². The maximum Gasteiger partial charge on any atom is 0.282 e. The van der Waals surface area contributed by atoms with Crippen molar-refractivity contribution >= 4 is 15.9 Å². The number of anilines is 1. The fourth-order valence-electron chi connectivity index (χ4n) is 2.15. The van der Waals surface area contributed by atoms with E-state index in [0.29, 0.717) is 25.3 Å². The average Bonchev–Trinajstić information content (AvgIpc) is 2.82. The first-order valence-electron chi connectivity index (χ1n) is 6.06. The van der Waals surface area contributed by atoms with Crippen LogP contribution in [-0.4, -0.2) is 37.2 Å². The summed E-state index contributed by atoms with van der Waals surface area (Å²) in [4.78, 5) is 0. The van der Waals surface area contributed by atoms with Gasteiger partial charge in [-0.15, -0.1) is 0 Å². The van der Waals surface area contributed by atoms with E-state index in [1.54, 1.807) is 23.5 Å². The largest absolute Gasteiger partial charge is 0.399 e. The summed E-state index contributed by atoms with van der Waals surface area (Å²) < 4.78 is 27.4. The van der Waals surface area contributed by atoms with Gasteiger partial charge in [-0.2, -0.15) is 17.0 Å². The van der Waals surface area contributed by atoms with Crippen molar-refractivity contribution in [3.63, 3.8) is 0 Å². The number of nitrogen functional groups attached to an aromatic ring is 1. The lowest BCUT2D eigenvalue weighted by Gasteiger charge is -2.23. The van der Waals surface area contributed by atoms with Crippen LogP contribution >= 0.6 is 0 Å². The van der Waals surface area contributed by atoms with Crippen molar-refractivity contribution < 1.29 is 8.42 Å². The molecule has 0 saturated carbocycles. The van der Waals surface area contributed by atoms with Crippen LogP contribution in [0.4, 0.5) is 5.69 Å². The third-order valence-electron chi connectivity index (χ3n) is 3.14. The molecule has 0 unspecified atom stereocenters. The predicted molar refractivity (Wildman–Crippen MR) is 72.0 cm³/mol. The molecule has 0 radical (unpaired) electrons. The predicted octanol–water partition coefficient (Wildman–Crippen LogP) is 1.04. The molecule has 0 aromatic heterocycles. The molecule has 2 N–H and O–H groups in total. The number of benzene rings is 1.